The number of aromatic nitrogens is 1. The minimum Gasteiger partial charge on any atom is -0.468 e. The van der Waals surface area contributed by atoms with Crippen LogP contribution in [0.4, 0.5) is 0 Å². The molecule has 0 aliphatic heterocycles. The number of para-hydroxylation sites is 1. The third-order valence-electron chi connectivity index (χ3n) is 3.25. The van der Waals surface area contributed by atoms with Crippen LogP contribution >= 0.6 is 11.8 Å². The first-order valence-corrected chi connectivity index (χ1v) is 7.59. The van der Waals surface area contributed by atoms with Crippen LogP contribution in [0.1, 0.15) is 19.8 Å². The molecule has 2 aromatic rings. The molecule has 1 heterocycles. The van der Waals surface area contributed by atoms with Gasteiger partial charge in [-0.2, -0.15) is 0 Å². The van der Waals surface area contributed by atoms with Gasteiger partial charge in [0, 0.05) is 10.9 Å². The first-order chi connectivity index (χ1) is 9.53. The molecule has 2 rings (SSSR count). The summed E-state index contributed by atoms with van der Waals surface area (Å²) in [6.45, 7) is 1.71. The zero-order chi connectivity index (χ0) is 14.6. The van der Waals surface area contributed by atoms with E-state index in [1.165, 1.54) is 12.5 Å². The van der Waals surface area contributed by atoms with Crippen molar-refractivity contribution in [3.63, 3.8) is 0 Å². The fraction of sp³-hybridized carbons (Fsp3) is 0.400. The van der Waals surface area contributed by atoms with Crippen molar-refractivity contribution < 1.29 is 9.53 Å². The SMILES string of the molecule is COC(=O)C(C)(N)CCCSc1cc2ccccc2[nH]1. The van der Waals surface area contributed by atoms with Crippen LogP contribution in [0.3, 0.4) is 0 Å². The normalized spacial score (nSPS) is 14.2. The van der Waals surface area contributed by atoms with Crippen molar-refractivity contribution in [3.05, 3.63) is 30.3 Å². The third-order valence-corrected chi connectivity index (χ3v) is 4.28. The van der Waals surface area contributed by atoms with Crippen LogP contribution < -0.4 is 5.73 Å². The highest BCUT2D eigenvalue weighted by atomic mass is 32.2. The molecule has 0 saturated carbocycles. The van der Waals surface area contributed by atoms with Crippen molar-refractivity contribution in [1.29, 1.82) is 0 Å². The van der Waals surface area contributed by atoms with E-state index in [1.807, 2.05) is 12.1 Å². The number of H-pyrrole nitrogens is 1. The second-order valence-electron chi connectivity index (χ2n) is 5.08. The molecule has 4 nitrogen and oxygen atoms in total. The highest BCUT2D eigenvalue weighted by molar-refractivity contribution is 7.99. The second-order valence-corrected chi connectivity index (χ2v) is 6.22. The van der Waals surface area contributed by atoms with Crippen LogP contribution in [-0.4, -0.2) is 29.4 Å². The number of nitrogens with one attached hydrogen (secondary N) is 1. The number of benzene rings is 1. The van der Waals surface area contributed by atoms with E-state index < -0.39 is 5.54 Å². The first-order valence-electron chi connectivity index (χ1n) is 6.61. The molecular formula is C15H20N2O2S. The number of nitrogens with two attached hydrogens (primary N) is 1. The summed E-state index contributed by atoms with van der Waals surface area (Å²) >= 11 is 1.74. The Bertz CT molecular complexity index is 559. The number of thioether (sulfide) groups is 1. The van der Waals surface area contributed by atoms with Gasteiger partial charge in [-0.1, -0.05) is 18.2 Å². The number of carbonyl (C=O) groups excluding carboxylic acids is 1. The molecule has 0 aliphatic rings. The molecule has 0 saturated heterocycles. The van der Waals surface area contributed by atoms with Crippen LogP contribution in [0.5, 0.6) is 0 Å². The molecule has 1 aromatic carbocycles. The summed E-state index contributed by atoms with van der Waals surface area (Å²) in [5, 5.41) is 2.36. The summed E-state index contributed by atoms with van der Waals surface area (Å²) in [4.78, 5) is 14.8. The van der Waals surface area contributed by atoms with E-state index in [-0.39, 0.29) is 5.97 Å². The van der Waals surface area contributed by atoms with Gasteiger partial charge in [-0.3, -0.25) is 4.79 Å². The Balaban J connectivity index is 1.83. The maximum Gasteiger partial charge on any atom is 0.325 e. The van der Waals surface area contributed by atoms with Gasteiger partial charge >= 0.3 is 5.97 Å². The number of esters is 1. The predicted octanol–water partition coefficient (Wildman–Crippen LogP) is 2.93. The van der Waals surface area contributed by atoms with Crippen molar-refractivity contribution in [2.24, 2.45) is 5.73 Å². The van der Waals surface area contributed by atoms with Gasteiger partial charge in [0.15, 0.2) is 0 Å². The van der Waals surface area contributed by atoms with Crippen LogP contribution in [0, 0.1) is 0 Å². The van der Waals surface area contributed by atoms with Gasteiger partial charge in [0.25, 0.3) is 0 Å². The summed E-state index contributed by atoms with van der Waals surface area (Å²) in [6, 6.07) is 10.3. The highest BCUT2D eigenvalue weighted by Gasteiger charge is 2.28. The Morgan fingerprint density at radius 1 is 1.45 bits per heavy atom. The average Bonchev–Trinajstić information content (AvgIpc) is 2.85. The Labute approximate surface area is 123 Å². The maximum absolute atomic E-state index is 11.5. The van der Waals surface area contributed by atoms with E-state index in [2.05, 4.69) is 23.2 Å². The standard InChI is InChI=1S/C15H20N2O2S/c1-15(16,14(18)19-2)8-5-9-20-13-10-11-6-3-4-7-12(11)17-13/h3-4,6-7,10,17H,5,8-9,16H2,1-2H3. The molecule has 0 radical (unpaired) electrons. The molecule has 0 amide bonds. The van der Waals surface area contributed by atoms with Crippen LogP contribution in [-0.2, 0) is 9.53 Å². The number of carbonyl (C=O) groups is 1. The smallest absolute Gasteiger partial charge is 0.325 e. The van der Waals surface area contributed by atoms with Crippen molar-refractivity contribution in [1.82, 2.24) is 4.98 Å². The van der Waals surface area contributed by atoms with E-state index in [0.29, 0.717) is 6.42 Å². The van der Waals surface area contributed by atoms with Gasteiger partial charge in [0.1, 0.15) is 5.54 Å². The lowest BCUT2D eigenvalue weighted by Gasteiger charge is -2.20. The zero-order valence-corrected chi connectivity index (χ0v) is 12.6. The number of hydrogen-bond donors (Lipinski definition) is 2. The van der Waals surface area contributed by atoms with E-state index in [4.69, 9.17) is 10.5 Å². The fourth-order valence-electron chi connectivity index (χ4n) is 2.08. The average molecular weight is 292 g/mol. The Kier molecular flexibility index (Phi) is 4.73. The van der Waals surface area contributed by atoms with Gasteiger partial charge in [-0.25, -0.2) is 0 Å². The quantitative estimate of drug-likeness (QED) is 0.488. The molecule has 108 valence electrons. The van der Waals surface area contributed by atoms with Crippen LogP contribution in [0.2, 0.25) is 0 Å². The van der Waals surface area contributed by atoms with Crippen molar-refractivity contribution in [2.45, 2.75) is 30.3 Å². The molecule has 1 atom stereocenters. The zero-order valence-electron chi connectivity index (χ0n) is 11.8. The Hall–Kier alpha value is -1.46. The summed E-state index contributed by atoms with van der Waals surface area (Å²) in [7, 11) is 1.37. The molecule has 0 aliphatic carbocycles. The number of ether oxygens (including phenoxy) is 1. The summed E-state index contributed by atoms with van der Waals surface area (Å²) in [6.07, 6.45) is 1.48. The Morgan fingerprint density at radius 2 is 2.20 bits per heavy atom. The van der Waals surface area contributed by atoms with Crippen molar-refractivity contribution in [3.8, 4) is 0 Å². The lowest BCUT2D eigenvalue weighted by atomic mass is 9.98. The van der Waals surface area contributed by atoms with Gasteiger partial charge < -0.3 is 15.5 Å². The highest BCUT2D eigenvalue weighted by Crippen LogP contribution is 2.24. The number of fused-ring (bicyclic) bond motifs is 1. The monoisotopic (exact) mass is 292 g/mol. The third kappa shape index (κ3) is 3.55. The molecule has 1 unspecified atom stereocenters. The Morgan fingerprint density at radius 3 is 2.90 bits per heavy atom. The minimum atomic E-state index is -0.893. The molecule has 3 N–H and O–H groups in total. The van der Waals surface area contributed by atoms with Crippen LogP contribution in [0.15, 0.2) is 35.4 Å². The minimum absolute atomic E-state index is 0.354. The van der Waals surface area contributed by atoms with Crippen LogP contribution in [0.25, 0.3) is 10.9 Å². The number of aromatic amines is 1. The number of hydrogen-bond acceptors (Lipinski definition) is 4. The van der Waals surface area contributed by atoms with E-state index in [1.54, 1.807) is 18.7 Å². The van der Waals surface area contributed by atoms with Gasteiger partial charge in [-0.15, -0.1) is 11.8 Å². The molecule has 0 spiro atoms. The van der Waals surface area contributed by atoms with Gasteiger partial charge in [0.05, 0.1) is 12.1 Å². The summed E-state index contributed by atoms with van der Waals surface area (Å²) in [5.74, 6) is 0.560. The predicted molar refractivity (Wildman–Crippen MR) is 82.9 cm³/mol. The molecule has 5 heteroatoms. The van der Waals surface area contributed by atoms with E-state index in [9.17, 15) is 4.79 Å². The topological polar surface area (TPSA) is 68.1 Å². The molecule has 0 bridgehead atoms. The molecule has 20 heavy (non-hydrogen) atoms. The molecular weight excluding hydrogens is 272 g/mol. The van der Waals surface area contributed by atoms with E-state index in [0.717, 1.165) is 22.7 Å². The fourth-order valence-corrected chi connectivity index (χ4v) is 2.98. The summed E-state index contributed by atoms with van der Waals surface area (Å²) < 4.78 is 4.69. The van der Waals surface area contributed by atoms with E-state index >= 15 is 0 Å². The largest absolute Gasteiger partial charge is 0.468 e. The van der Waals surface area contributed by atoms with Gasteiger partial charge in [0.2, 0.25) is 0 Å². The molecule has 1 aromatic heterocycles. The van der Waals surface area contributed by atoms with Crippen molar-refractivity contribution in [2.75, 3.05) is 12.9 Å². The molecule has 0 fully saturated rings. The van der Waals surface area contributed by atoms with Crippen molar-refractivity contribution >= 4 is 28.6 Å². The second kappa shape index (κ2) is 6.33. The summed E-state index contributed by atoms with van der Waals surface area (Å²) in [5.41, 5.74) is 6.17. The maximum atomic E-state index is 11.5. The lowest BCUT2D eigenvalue weighted by molar-refractivity contribution is -0.146. The number of methoxy groups -OCH3 is 1. The number of rotatable bonds is 6. The first kappa shape index (κ1) is 14.9. The lowest BCUT2D eigenvalue weighted by Crippen LogP contribution is -2.45. The van der Waals surface area contributed by atoms with Gasteiger partial charge in [-0.05, 0) is 37.7 Å².